The summed E-state index contributed by atoms with van der Waals surface area (Å²) in [5.74, 6) is 0.761. The largest absolute Gasteiger partial charge is 0.503 e. The number of hydrogen-bond acceptors (Lipinski definition) is 5. The molecule has 0 aliphatic carbocycles. The van der Waals surface area contributed by atoms with Crippen LogP contribution in [0, 0.1) is 0 Å². The number of nitrogens with one attached hydrogen (secondary N) is 1. The van der Waals surface area contributed by atoms with Crippen LogP contribution in [-0.2, 0) is 16.4 Å². The highest BCUT2D eigenvalue weighted by Crippen LogP contribution is 2.35. The molecule has 7 heteroatoms. The van der Waals surface area contributed by atoms with Crippen molar-refractivity contribution in [1.29, 1.82) is 0 Å². The second-order valence-electron chi connectivity index (χ2n) is 4.89. The van der Waals surface area contributed by atoms with Crippen LogP contribution in [0.1, 0.15) is 18.4 Å². The summed E-state index contributed by atoms with van der Waals surface area (Å²) in [6.07, 6.45) is 1.49. The van der Waals surface area contributed by atoms with Gasteiger partial charge in [0.2, 0.25) is 0 Å². The van der Waals surface area contributed by atoms with Crippen LogP contribution in [0.3, 0.4) is 0 Å². The zero-order chi connectivity index (χ0) is 14.8. The van der Waals surface area contributed by atoms with E-state index in [9.17, 15) is 13.5 Å². The van der Waals surface area contributed by atoms with Crippen LogP contribution in [0.25, 0.3) is 0 Å². The first-order valence-electron chi connectivity index (χ1n) is 6.41. The molecule has 1 atom stereocenters. The van der Waals surface area contributed by atoms with E-state index in [2.05, 4.69) is 21.2 Å². The van der Waals surface area contributed by atoms with Gasteiger partial charge in [-0.3, -0.25) is 0 Å². The Morgan fingerprint density at radius 2 is 2.25 bits per heavy atom. The highest BCUT2D eigenvalue weighted by atomic mass is 79.9. The fourth-order valence-electron chi connectivity index (χ4n) is 2.35. The number of sulfone groups is 1. The Morgan fingerprint density at radius 1 is 1.50 bits per heavy atom. The minimum atomic E-state index is -2.91. The first-order valence-corrected chi connectivity index (χ1v) is 8.92. The molecular formula is C13H18BrNO4S. The third-order valence-corrected chi connectivity index (χ3v) is 6.35. The Labute approximate surface area is 127 Å². The van der Waals surface area contributed by atoms with Gasteiger partial charge in [-0.1, -0.05) is 0 Å². The molecule has 112 valence electrons. The van der Waals surface area contributed by atoms with E-state index in [0.717, 1.165) is 18.4 Å². The summed E-state index contributed by atoms with van der Waals surface area (Å²) in [6.45, 7) is 0.990. The molecule has 1 fully saturated rings. The summed E-state index contributed by atoms with van der Waals surface area (Å²) in [5.41, 5.74) is 0.918. The zero-order valence-electron chi connectivity index (χ0n) is 11.2. The van der Waals surface area contributed by atoms with Gasteiger partial charge in [-0.2, -0.15) is 0 Å². The Morgan fingerprint density at radius 3 is 2.85 bits per heavy atom. The summed E-state index contributed by atoms with van der Waals surface area (Å²) in [4.78, 5) is 0. The minimum Gasteiger partial charge on any atom is -0.503 e. The van der Waals surface area contributed by atoms with Gasteiger partial charge < -0.3 is 15.2 Å². The Balaban J connectivity index is 1.96. The number of benzene rings is 1. The quantitative estimate of drug-likeness (QED) is 0.834. The highest BCUT2D eigenvalue weighted by molar-refractivity contribution is 9.10. The van der Waals surface area contributed by atoms with Crippen LogP contribution in [-0.4, -0.2) is 38.2 Å². The molecule has 0 bridgehead atoms. The van der Waals surface area contributed by atoms with Crippen molar-refractivity contribution in [3.05, 3.63) is 22.2 Å². The van der Waals surface area contributed by atoms with E-state index < -0.39 is 9.84 Å². The van der Waals surface area contributed by atoms with Gasteiger partial charge in [-0.05, 0) is 46.5 Å². The molecule has 1 unspecified atom stereocenters. The summed E-state index contributed by atoms with van der Waals surface area (Å²) < 4.78 is 29.0. The number of phenols is 1. The van der Waals surface area contributed by atoms with Crippen molar-refractivity contribution in [1.82, 2.24) is 5.32 Å². The smallest absolute Gasteiger partial charge is 0.172 e. The predicted octanol–water partition coefficient (Wildman–Crippen LogP) is 1.83. The van der Waals surface area contributed by atoms with E-state index in [4.69, 9.17) is 4.74 Å². The first-order chi connectivity index (χ1) is 9.44. The van der Waals surface area contributed by atoms with Crippen molar-refractivity contribution >= 4 is 25.8 Å². The monoisotopic (exact) mass is 363 g/mol. The van der Waals surface area contributed by atoms with Gasteiger partial charge in [-0.25, -0.2) is 8.42 Å². The number of phenolic OH excluding ortho intramolecular Hbond substituents is 1. The van der Waals surface area contributed by atoms with Crippen LogP contribution in [0.5, 0.6) is 11.5 Å². The number of methoxy groups -OCH3 is 1. The lowest BCUT2D eigenvalue weighted by Crippen LogP contribution is -2.30. The molecule has 1 heterocycles. The van der Waals surface area contributed by atoms with Crippen LogP contribution < -0.4 is 10.1 Å². The number of aromatic hydroxyl groups is 1. The molecule has 1 aromatic carbocycles. The number of ether oxygens (including phenoxy) is 1. The van der Waals surface area contributed by atoms with Gasteiger partial charge in [0.05, 0.1) is 22.6 Å². The summed E-state index contributed by atoms with van der Waals surface area (Å²) in [5, 5.41) is 12.6. The third-order valence-electron chi connectivity index (χ3n) is 3.47. The van der Waals surface area contributed by atoms with Crippen molar-refractivity contribution in [2.24, 2.45) is 0 Å². The second kappa shape index (κ2) is 6.32. The molecule has 0 radical (unpaired) electrons. The molecule has 2 rings (SSSR count). The van der Waals surface area contributed by atoms with Crippen molar-refractivity contribution in [2.45, 2.75) is 24.6 Å². The van der Waals surface area contributed by atoms with Gasteiger partial charge in [0.1, 0.15) is 0 Å². The second-order valence-corrected chi connectivity index (χ2v) is 8.15. The van der Waals surface area contributed by atoms with Crippen LogP contribution in [0.2, 0.25) is 0 Å². The molecular weight excluding hydrogens is 346 g/mol. The maximum atomic E-state index is 11.7. The van der Waals surface area contributed by atoms with Crippen LogP contribution in [0.15, 0.2) is 16.6 Å². The SMILES string of the molecule is COc1cc(CNCC2CCCS2(=O)=O)cc(Br)c1O. The summed E-state index contributed by atoms with van der Waals surface area (Å²) in [6, 6.07) is 3.52. The molecule has 1 aromatic rings. The maximum absolute atomic E-state index is 11.7. The maximum Gasteiger partial charge on any atom is 0.172 e. The third kappa shape index (κ3) is 3.45. The summed E-state index contributed by atoms with van der Waals surface area (Å²) in [7, 11) is -1.42. The average molecular weight is 364 g/mol. The van der Waals surface area contributed by atoms with E-state index in [1.165, 1.54) is 7.11 Å². The topological polar surface area (TPSA) is 75.6 Å². The molecule has 20 heavy (non-hydrogen) atoms. The molecule has 0 aromatic heterocycles. The molecule has 0 saturated carbocycles. The van der Waals surface area contributed by atoms with Gasteiger partial charge in [0.25, 0.3) is 0 Å². The average Bonchev–Trinajstić information content (AvgIpc) is 2.73. The van der Waals surface area contributed by atoms with E-state index in [1.807, 2.05) is 0 Å². The molecule has 1 aliphatic rings. The van der Waals surface area contributed by atoms with E-state index in [0.29, 0.717) is 29.1 Å². The lowest BCUT2D eigenvalue weighted by molar-refractivity contribution is 0.371. The fourth-order valence-corrected chi connectivity index (χ4v) is 4.64. The highest BCUT2D eigenvalue weighted by Gasteiger charge is 2.30. The molecule has 1 aliphatic heterocycles. The van der Waals surface area contributed by atoms with Crippen LogP contribution >= 0.6 is 15.9 Å². The Bertz CT molecular complexity index is 588. The van der Waals surface area contributed by atoms with Crippen molar-refractivity contribution in [3.8, 4) is 11.5 Å². The van der Waals surface area contributed by atoms with E-state index >= 15 is 0 Å². The molecule has 5 nitrogen and oxygen atoms in total. The van der Waals surface area contributed by atoms with Gasteiger partial charge >= 0.3 is 0 Å². The lowest BCUT2D eigenvalue weighted by Gasteiger charge is -2.12. The predicted molar refractivity (Wildman–Crippen MR) is 80.9 cm³/mol. The molecule has 2 N–H and O–H groups in total. The van der Waals surface area contributed by atoms with Gasteiger partial charge in [-0.15, -0.1) is 0 Å². The fraction of sp³-hybridized carbons (Fsp3) is 0.538. The van der Waals surface area contributed by atoms with Crippen molar-refractivity contribution in [3.63, 3.8) is 0 Å². The van der Waals surface area contributed by atoms with E-state index in [1.54, 1.807) is 12.1 Å². The number of hydrogen-bond donors (Lipinski definition) is 2. The van der Waals surface area contributed by atoms with Crippen molar-refractivity contribution in [2.75, 3.05) is 19.4 Å². The first kappa shape index (κ1) is 15.6. The summed E-state index contributed by atoms with van der Waals surface area (Å²) >= 11 is 3.26. The van der Waals surface area contributed by atoms with Crippen LogP contribution in [0.4, 0.5) is 0 Å². The Kier molecular flexibility index (Phi) is 4.93. The number of rotatable bonds is 5. The Hall–Kier alpha value is -0.790. The minimum absolute atomic E-state index is 0.0645. The lowest BCUT2D eigenvalue weighted by atomic mass is 10.2. The van der Waals surface area contributed by atoms with Gasteiger partial charge in [0.15, 0.2) is 21.3 Å². The number of halogens is 1. The standard InChI is InChI=1S/C13H18BrNO4S/c1-19-12-6-9(5-11(14)13(12)16)7-15-8-10-3-2-4-20(10,17)18/h5-6,10,15-16H,2-4,7-8H2,1H3. The van der Waals surface area contributed by atoms with Crippen molar-refractivity contribution < 1.29 is 18.3 Å². The van der Waals surface area contributed by atoms with E-state index in [-0.39, 0.29) is 11.0 Å². The van der Waals surface area contributed by atoms with Gasteiger partial charge in [0, 0.05) is 13.1 Å². The molecule has 0 spiro atoms. The normalized spacial score (nSPS) is 21.0. The molecule has 1 saturated heterocycles. The molecule has 0 amide bonds. The zero-order valence-corrected chi connectivity index (χ0v) is 13.6.